The van der Waals surface area contributed by atoms with Gasteiger partial charge < -0.3 is 9.16 Å². The Morgan fingerprint density at radius 3 is 2.26 bits per heavy atom. The molecule has 0 aliphatic carbocycles. The molecule has 0 unspecified atom stereocenters. The van der Waals surface area contributed by atoms with Gasteiger partial charge in [0.25, 0.3) is 0 Å². The Kier molecular flexibility index (Phi) is 12.1. The largest absolute Gasteiger partial charge is 0.460 e. The summed E-state index contributed by atoms with van der Waals surface area (Å²) in [6, 6.07) is 14.7. The van der Waals surface area contributed by atoms with E-state index in [1.54, 1.807) is 18.2 Å². The maximum atomic E-state index is 15.2. The molecule has 0 aromatic heterocycles. The third-order valence-electron chi connectivity index (χ3n) is 7.73. The molecule has 0 N–H and O–H groups in total. The smallest absolute Gasteiger partial charge is 0.316 e. The molecule has 2 rings (SSSR count). The van der Waals surface area contributed by atoms with Crippen molar-refractivity contribution in [2.75, 3.05) is 18.1 Å². The molecule has 7 heteroatoms. The molecule has 2 aromatic carbocycles. The van der Waals surface area contributed by atoms with Gasteiger partial charge in [0.2, 0.25) is 0 Å². The lowest BCUT2D eigenvalue weighted by Gasteiger charge is -2.36. The van der Waals surface area contributed by atoms with Crippen molar-refractivity contribution in [1.29, 1.82) is 0 Å². The molecular formula is C31H46BrFO3SSi. The Morgan fingerprint density at radius 1 is 0.974 bits per heavy atom. The van der Waals surface area contributed by atoms with Crippen LogP contribution in [0.5, 0.6) is 0 Å². The number of thioether (sulfide) groups is 1. The highest BCUT2D eigenvalue weighted by Gasteiger charge is 2.40. The Morgan fingerprint density at radius 2 is 1.63 bits per heavy atom. The first-order valence-electron chi connectivity index (χ1n) is 13.5. The maximum absolute atomic E-state index is 15.2. The van der Waals surface area contributed by atoms with Crippen molar-refractivity contribution in [3.63, 3.8) is 0 Å². The van der Waals surface area contributed by atoms with Crippen LogP contribution in [0.15, 0.2) is 53.0 Å². The van der Waals surface area contributed by atoms with Crippen LogP contribution < -0.4 is 0 Å². The van der Waals surface area contributed by atoms with Gasteiger partial charge in [0.05, 0.1) is 9.89 Å². The summed E-state index contributed by atoms with van der Waals surface area (Å²) in [4.78, 5) is 13.4. The molecule has 0 spiro atoms. The number of benzene rings is 2. The summed E-state index contributed by atoms with van der Waals surface area (Å²) in [7, 11) is -1.71. The van der Waals surface area contributed by atoms with Crippen LogP contribution in [0.2, 0.25) is 18.1 Å². The van der Waals surface area contributed by atoms with E-state index >= 15 is 4.39 Å². The highest BCUT2D eigenvalue weighted by Crippen LogP contribution is 2.39. The second-order valence-electron chi connectivity index (χ2n) is 12.7. The van der Waals surface area contributed by atoms with Crippen LogP contribution in [0.1, 0.15) is 71.9 Å². The van der Waals surface area contributed by atoms with E-state index in [1.807, 2.05) is 49.0 Å². The van der Waals surface area contributed by atoms with E-state index in [-0.39, 0.29) is 17.1 Å². The molecule has 0 saturated heterocycles. The minimum Gasteiger partial charge on any atom is -0.460 e. The lowest BCUT2D eigenvalue weighted by atomic mass is 9.76. The van der Waals surface area contributed by atoms with Crippen molar-refractivity contribution in [2.24, 2.45) is 5.41 Å². The van der Waals surface area contributed by atoms with E-state index in [0.29, 0.717) is 16.5 Å². The number of carbonyl (C=O) groups excluding carboxylic acids is 1. The van der Waals surface area contributed by atoms with Crippen LogP contribution in [-0.4, -0.2) is 32.4 Å². The second-order valence-corrected chi connectivity index (χ2v) is 19.4. The predicted molar refractivity (Wildman–Crippen MR) is 166 cm³/mol. The molecule has 0 fully saturated rings. The van der Waals surface area contributed by atoms with Gasteiger partial charge >= 0.3 is 5.97 Å². The summed E-state index contributed by atoms with van der Waals surface area (Å²) in [5.74, 6) is 1.19. The first-order valence-corrected chi connectivity index (χ1v) is 18.3. The lowest BCUT2D eigenvalue weighted by Crippen LogP contribution is -2.41. The van der Waals surface area contributed by atoms with Gasteiger partial charge in [-0.25, -0.2) is 4.39 Å². The predicted octanol–water partition coefficient (Wildman–Crippen LogP) is 9.54. The number of ether oxygens (including phenoxy) is 1. The number of hydrogen-bond acceptors (Lipinski definition) is 4. The molecule has 1 atom stereocenters. The van der Waals surface area contributed by atoms with E-state index in [1.165, 1.54) is 0 Å². The van der Waals surface area contributed by atoms with Crippen molar-refractivity contribution >= 4 is 42.0 Å². The molecule has 0 heterocycles. The van der Waals surface area contributed by atoms with Gasteiger partial charge in [-0.3, -0.25) is 4.79 Å². The van der Waals surface area contributed by atoms with E-state index in [0.717, 1.165) is 36.5 Å². The Balaban J connectivity index is 1.99. The van der Waals surface area contributed by atoms with Gasteiger partial charge in [-0.15, -0.1) is 0 Å². The molecule has 0 amide bonds. The molecule has 0 aliphatic rings. The van der Waals surface area contributed by atoms with Crippen LogP contribution in [0.4, 0.5) is 4.39 Å². The Hall–Kier alpha value is -1.15. The highest BCUT2D eigenvalue weighted by atomic mass is 79.9. The number of esters is 1. The molecular weight excluding hydrogens is 579 g/mol. The van der Waals surface area contributed by atoms with Crippen LogP contribution >= 0.6 is 27.7 Å². The number of rotatable bonds is 14. The summed E-state index contributed by atoms with van der Waals surface area (Å²) in [6.07, 6.45) is 2.23. The van der Waals surface area contributed by atoms with Gasteiger partial charge in [0, 0.05) is 17.9 Å². The monoisotopic (exact) mass is 624 g/mol. The first-order chi connectivity index (χ1) is 17.6. The fourth-order valence-electron chi connectivity index (χ4n) is 4.07. The molecule has 2 aromatic rings. The fraction of sp³-hybridized carbons (Fsp3) is 0.581. The molecule has 0 bridgehead atoms. The average molecular weight is 626 g/mol. The fourth-order valence-corrected chi connectivity index (χ4v) is 6.67. The zero-order valence-electron chi connectivity index (χ0n) is 24.5. The van der Waals surface area contributed by atoms with Crippen molar-refractivity contribution < 1.29 is 18.3 Å². The number of hydrogen-bond donors (Lipinski definition) is 0. The van der Waals surface area contributed by atoms with Crippen LogP contribution in [-0.2, 0) is 26.0 Å². The molecule has 38 heavy (non-hydrogen) atoms. The van der Waals surface area contributed by atoms with Gasteiger partial charge in [0.15, 0.2) is 8.32 Å². The molecule has 0 saturated carbocycles. The maximum Gasteiger partial charge on any atom is 0.316 e. The first kappa shape index (κ1) is 33.1. The highest BCUT2D eigenvalue weighted by molar-refractivity contribution is 9.10. The third-order valence-corrected chi connectivity index (χ3v) is 14.3. The van der Waals surface area contributed by atoms with Gasteiger partial charge in [-0.2, -0.15) is 11.8 Å². The number of carbonyl (C=O) groups is 1. The molecule has 212 valence electrons. The standard InChI is InChI=1S/C31H46BrFO3SSi/c1-29(2,3)38(7,8)36-20-21-37-23-30(4,5)18-13-19-31(6,25-16-12-17-26(32)27(25)33)28(34)35-22-24-14-10-9-11-15-24/h9-12,14-17H,13,18-23H2,1-8H3/t31-/m1/s1. The Bertz CT molecular complexity index is 1040. The lowest BCUT2D eigenvalue weighted by molar-refractivity contribution is -0.152. The molecule has 3 nitrogen and oxygen atoms in total. The van der Waals surface area contributed by atoms with Crippen LogP contribution in [0.25, 0.3) is 0 Å². The minimum atomic E-state index is -1.71. The summed E-state index contributed by atoms with van der Waals surface area (Å²) in [5.41, 5.74) is 0.295. The summed E-state index contributed by atoms with van der Waals surface area (Å²) < 4.78 is 27.6. The van der Waals surface area contributed by atoms with Crippen molar-refractivity contribution in [3.05, 3.63) is 69.9 Å². The van der Waals surface area contributed by atoms with Crippen molar-refractivity contribution in [3.8, 4) is 0 Å². The van der Waals surface area contributed by atoms with Crippen molar-refractivity contribution in [2.45, 2.75) is 91.0 Å². The second kappa shape index (κ2) is 14.0. The third kappa shape index (κ3) is 9.49. The summed E-state index contributed by atoms with van der Waals surface area (Å²) in [6.45, 7) is 18.7. The van der Waals surface area contributed by atoms with Crippen molar-refractivity contribution in [1.82, 2.24) is 0 Å². The van der Waals surface area contributed by atoms with Crippen LogP contribution in [0.3, 0.4) is 0 Å². The zero-order valence-corrected chi connectivity index (χ0v) is 27.9. The normalized spacial score (nSPS) is 14.3. The summed E-state index contributed by atoms with van der Waals surface area (Å²) >= 11 is 5.21. The van der Waals surface area contributed by atoms with Gasteiger partial charge in [-0.05, 0) is 76.6 Å². The summed E-state index contributed by atoms with van der Waals surface area (Å²) in [5, 5.41) is 0.222. The van der Waals surface area contributed by atoms with Crippen LogP contribution in [0, 0.1) is 11.2 Å². The quantitative estimate of drug-likeness (QED) is 0.119. The Labute approximate surface area is 243 Å². The van der Waals surface area contributed by atoms with E-state index in [4.69, 9.17) is 9.16 Å². The number of halogens is 2. The zero-order chi connectivity index (χ0) is 28.6. The van der Waals surface area contributed by atoms with Gasteiger partial charge in [0.1, 0.15) is 12.4 Å². The minimum absolute atomic E-state index is 0.0896. The molecule has 0 radical (unpaired) electrons. The van der Waals surface area contributed by atoms with E-state index in [9.17, 15) is 4.79 Å². The average Bonchev–Trinajstić information content (AvgIpc) is 2.83. The van der Waals surface area contributed by atoms with E-state index in [2.05, 4.69) is 63.6 Å². The van der Waals surface area contributed by atoms with E-state index < -0.39 is 25.5 Å². The topological polar surface area (TPSA) is 35.5 Å². The van der Waals surface area contributed by atoms with Gasteiger partial charge in [-0.1, -0.05) is 83.5 Å². The molecule has 0 aliphatic heterocycles. The SMILES string of the molecule is CC(C)(CCC[C@@](C)(C(=O)OCc1ccccc1)c1cccc(Br)c1F)CSCCO[Si](C)(C)C(C)(C)C.